The van der Waals surface area contributed by atoms with Crippen LogP contribution in [0.15, 0.2) is 11.6 Å². The predicted molar refractivity (Wildman–Crippen MR) is 49.6 cm³/mol. The summed E-state index contributed by atoms with van der Waals surface area (Å²) in [6.07, 6.45) is 4.83. The van der Waals surface area contributed by atoms with Crippen LogP contribution in [0.2, 0.25) is 0 Å². The van der Waals surface area contributed by atoms with Crippen LogP contribution in [0.25, 0.3) is 0 Å². The molecule has 1 unspecified atom stereocenters. The number of rotatable bonds is 4. The minimum atomic E-state index is -0.468. The molecule has 1 N–H and O–H groups in total. The standard InChI is InChI=1S/C10H20O/c1-5-9(3)7-8-10(4,11)6-2/h5,11H,6-8H2,1-4H3/b9-5+. The average molecular weight is 156 g/mol. The van der Waals surface area contributed by atoms with E-state index in [1.807, 2.05) is 20.8 Å². The molecule has 11 heavy (non-hydrogen) atoms. The Labute approximate surface area is 70.1 Å². The van der Waals surface area contributed by atoms with Crippen LogP contribution in [0.5, 0.6) is 0 Å². The summed E-state index contributed by atoms with van der Waals surface area (Å²) in [5.74, 6) is 0. The minimum absolute atomic E-state index is 0.468. The number of allylic oxidation sites excluding steroid dienone is 2. The Morgan fingerprint density at radius 1 is 1.55 bits per heavy atom. The molecule has 1 atom stereocenters. The van der Waals surface area contributed by atoms with Crippen LogP contribution in [-0.4, -0.2) is 10.7 Å². The van der Waals surface area contributed by atoms with Crippen LogP contribution in [0, 0.1) is 0 Å². The molecule has 1 nitrogen and oxygen atoms in total. The number of hydrogen-bond acceptors (Lipinski definition) is 1. The SMILES string of the molecule is C/C=C(\C)CCC(C)(O)CC. The molecule has 0 spiro atoms. The molecule has 0 aromatic heterocycles. The molecule has 0 fully saturated rings. The van der Waals surface area contributed by atoms with Gasteiger partial charge in [-0.1, -0.05) is 18.6 Å². The highest BCUT2D eigenvalue weighted by molar-refractivity contribution is 4.96. The second-order valence-electron chi connectivity index (χ2n) is 3.49. The van der Waals surface area contributed by atoms with Gasteiger partial charge in [0.2, 0.25) is 0 Å². The van der Waals surface area contributed by atoms with Crippen LogP contribution in [-0.2, 0) is 0 Å². The highest BCUT2D eigenvalue weighted by Crippen LogP contribution is 2.18. The van der Waals surface area contributed by atoms with Crippen molar-refractivity contribution in [3.8, 4) is 0 Å². The summed E-state index contributed by atoms with van der Waals surface area (Å²) < 4.78 is 0. The summed E-state index contributed by atoms with van der Waals surface area (Å²) in [5.41, 5.74) is 0.892. The second kappa shape index (κ2) is 4.55. The van der Waals surface area contributed by atoms with Crippen LogP contribution < -0.4 is 0 Å². The van der Waals surface area contributed by atoms with E-state index in [9.17, 15) is 5.11 Å². The molecule has 0 radical (unpaired) electrons. The van der Waals surface area contributed by atoms with Gasteiger partial charge in [-0.2, -0.15) is 0 Å². The van der Waals surface area contributed by atoms with Gasteiger partial charge in [-0.15, -0.1) is 0 Å². The van der Waals surface area contributed by atoms with E-state index in [2.05, 4.69) is 13.0 Å². The Kier molecular flexibility index (Phi) is 4.43. The lowest BCUT2D eigenvalue weighted by atomic mass is 9.95. The molecular formula is C10H20O. The minimum Gasteiger partial charge on any atom is -0.390 e. The van der Waals surface area contributed by atoms with Gasteiger partial charge in [-0.05, 0) is 40.0 Å². The Hall–Kier alpha value is -0.300. The fraction of sp³-hybridized carbons (Fsp3) is 0.800. The van der Waals surface area contributed by atoms with Crippen molar-refractivity contribution in [3.05, 3.63) is 11.6 Å². The second-order valence-corrected chi connectivity index (χ2v) is 3.49. The number of aliphatic hydroxyl groups is 1. The topological polar surface area (TPSA) is 20.2 Å². The van der Waals surface area contributed by atoms with Crippen molar-refractivity contribution < 1.29 is 5.11 Å². The maximum Gasteiger partial charge on any atom is 0.0620 e. The molecule has 0 aliphatic rings. The van der Waals surface area contributed by atoms with Crippen molar-refractivity contribution in [2.24, 2.45) is 0 Å². The zero-order chi connectivity index (χ0) is 8.91. The van der Waals surface area contributed by atoms with Crippen LogP contribution in [0.1, 0.15) is 47.0 Å². The molecule has 0 saturated carbocycles. The lowest BCUT2D eigenvalue weighted by Crippen LogP contribution is -2.22. The zero-order valence-electron chi connectivity index (χ0n) is 8.15. The fourth-order valence-electron chi connectivity index (χ4n) is 0.788. The normalized spacial score (nSPS) is 18.1. The first kappa shape index (κ1) is 10.7. The first-order chi connectivity index (χ1) is 5.02. The van der Waals surface area contributed by atoms with Crippen molar-refractivity contribution in [2.75, 3.05) is 0 Å². The van der Waals surface area contributed by atoms with E-state index < -0.39 is 5.60 Å². The molecule has 0 bridgehead atoms. The summed E-state index contributed by atoms with van der Waals surface area (Å²) in [5, 5.41) is 9.64. The van der Waals surface area contributed by atoms with Crippen LogP contribution in [0.3, 0.4) is 0 Å². The maximum absolute atomic E-state index is 9.64. The molecule has 0 aromatic rings. The third-order valence-electron chi connectivity index (χ3n) is 2.31. The van der Waals surface area contributed by atoms with Gasteiger partial charge in [0, 0.05) is 0 Å². The predicted octanol–water partition coefficient (Wildman–Crippen LogP) is 2.89. The molecule has 0 aromatic carbocycles. The fourth-order valence-corrected chi connectivity index (χ4v) is 0.788. The number of hydrogen-bond donors (Lipinski definition) is 1. The van der Waals surface area contributed by atoms with E-state index in [1.54, 1.807) is 0 Å². The van der Waals surface area contributed by atoms with Gasteiger partial charge in [0.05, 0.1) is 5.60 Å². The molecule has 0 aliphatic carbocycles. The smallest absolute Gasteiger partial charge is 0.0620 e. The van der Waals surface area contributed by atoms with E-state index >= 15 is 0 Å². The maximum atomic E-state index is 9.64. The molecule has 66 valence electrons. The zero-order valence-corrected chi connectivity index (χ0v) is 8.15. The first-order valence-electron chi connectivity index (χ1n) is 4.36. The summed E-state index contributed by atoms with van der Waals surface area (Å²) in [6.45, 7) is 8.06. The summed E-state index contributed by atoms with van der Waals surface area (Å²) in [6, 6.07) is 0. The Bertz CT molecular complexity index is 134. The Morgan fingerprint density at radius 3 is 2.45 bits per heavy atom. The van der Waals surface area contributed by atoms with E-state index in [0.29, 0.717) is 0 Å². The molecule has 0 heterocycles. The van der Waals surface area contributed by atoms with Gasteiger partial charge in [-0.3, -0.25) is 0 Å². The van der Waals surface area contributed by atoms with Gasteiger partial charge in [-0.25, -0.2) is 0 Å². The molecule has 0 saturated heterocycles. The lowest BCUT2D eigenvalue weighted by Gasteiger charge is -2.20. The van der Waals surface area contributed by atoms with Crippen molar-refractivity contribution in [1.29, 1.82) is 0 Å². The van der Waals surface area contributed by atoms with Crippen molar-refractivity contribution in [3.63, 3.8) is 0 Å². The summed E-state index contributed by atoms with van der Waals surface area (Å²) in [7, 11) is 0. The molecule has 0 rings (SSSR count). The Balaban J connectivity index is 3.70. The van der Waals surface area contributed by atoms with E-state index in [-0.39, 0.29) is 0 Å². The van der Waals surface area contributed by atoms with Crippen molar-refractivity contribution >= 4 is 0 Å². The monoisotopic (exact) mass is 156 g/mol. The van der Waals surface area contributed by atoms with Gasteiger partial charge < -0.3 is 5.11 Å². The van der Waals surface area contributed by atoms with E-state index in [1.165, 1.54) is 5.57 Å². The highest BCUT2D eigenvalue weighted by atomic mass is 16.3. The van der Waals surface area contributed by atoms with Crippen molar-refractivity contribution in [1.82, 2.24) is 0 Å². The van der Waals surface area contributed by atoms with Gasteiger partial charge >= 0.3 is 0 Å². The molecule has 0 amide bonds. The average Bonchev–Trinajstić information content (AvgIpc) is 2.00. The third kappa shape index (κ3) is 5.02. The summed E-state index contributed by atoms with van der Waals surface area (Å²) in [4.78, 5) is 0. The molecular weight excluding hydrogens is 136 g/mol. The van der Waals surface area contributed by atoms with Crippen LogP contribution in [0.4, 0.5) is 0 Å². The first-order valence-corrected chi connectivity index (χ1v) is 4.36. The van der Waals surface area contributed by atoms with Crippen molar-refractivity contribution in [2.45, 2.75) is 52.6 Å². The molecule has 1 heteroatoms. The van der Waals surface area contributed by atoms with Crippen LogP contribution >= 0.6 is 0 Å². The summed E-state index contributed by atoms with van der Waals surface area (Å²) >= 11 is 0. The third-order valence-corrected chi connectivity index (χ3v) is 2.31. The van der Waals surface area contributed by atoms with E-state index in [0.717, 1.165) is 19.3 Å². The van der Waals surface area contributed by atoms with Gasteiger partial charge in [0.15, 0.2) is 0 Å². The lowest BCUT2D eigenvalue weighted by molar-refractivity contribution is 0.0473. The van der Waals surface area contributed by atoms with Gasteiger partial charge in [0.25, 0.3) is 0 Å². The molecule has 0 aliphatic heterocycles. The highest BCUT2D eigenvalue weighted by Gasteiger charge is 2.16. The Morgan fingerprint density at radius 2 is 2.09 bits per heavy atom. The van der Waals surface area contributed by atoms with Gasteiger partial charge in [0.1, 0.15) is 0 Å². The quantitative estimate of drug-likeness (QED) is 0.620. The largest absolute Gasteiger partial charge is 0.390 e. The van der Waals surface area contributed by atoms with E-state index in [4.69, 9.17) is 0 Å².